The van der Waals surface area contributed by atoms with Gasteiger partial charge in [0.15, 0.2) is 0 Å². The molecule has 0 aliphatic heterocycles. The number of hydrogen-bond donors (Lipinski definition) is 1. The number of carbonyl (C=O) groups excluding carboxylic acids is 2. The summed E-state index contributed by atoms with van der Waals surface area (Å²) in [6.45, 7) is 11.5. The van der Waals surface area contributed by atoms with Gasteiger partial charge in [0.1, 0.15) is 5.78 Å². The van der Waals surface area contributed by atoms with Crippen molar-refractivity contribution in [1.29, 1.82) is 0 Å². The number of ketones is 1. The minimum atomic E-state index is 0.0153. The summed E-state index contributed by atoms with van der Waals surface area (Å²) in [5.74, 6) is 0.646. The lowest BCUT2D eigenvalue weighted by Gasteiger charge is -2.29. The molecule has 0 saturated heterocycles. The van der Waals surface area contributed by atoms with Crippen molar-refractivity contribution in [3.05, 3.63) is 0 Å². The van der Waals surface area contributed by atoms with Crippen molar-refractivity contribution in [1.82, 2.24) is 5.32 Å². The summed E-state index contributed by atoms with van der Waals surface area (Å²) < 4.78 is 21.6. The Balaban J connectivity index is 1.91. The molecule has 29 heavy (non-hydrogen) atoms. The second kappa shape index (κ2) is 15.8. The van der Waals surface area contributed by atoms with E-state index in [9.17, 15) is 9.59 Å². The summed E-state index contributed by atoms with van der Waals surface area (Å²) in [5, 5.41) is 3.06. The SMILES string of the molecule is CC(C)OCCOCCOCCOCCC(=O)NC1CCC(C(=O)C(C)C)CC1. The van der Waals surface area contributed by atoms with Gasteiger partial charge in [0, 0.05) is 24.3 Å². The first-order chi connectivity index (χ1) is 13.9. The first-order valence-corrected chi connectivity index (χ1v) is 11.1. The summed E-state index contributed by atoms with van der Waals surface area (Å²) in [6, 6.07) is 0.188. The Labute approximate surface area is 176 Å². The van der Waals surface area contributed by atoms with Crippen molar-refractivity contribution in [2.75, 3.05) is 46.2 Å². The lowest BCUT2D eigenvalue weighted by molar-refractivity contribution is -0.127. The summed E-state index contributed by atoms with van der Waals surface area (Å²) in [4.78, 5) is 24.1. The summed E-state index contributed by atoms with van der Waals surface area (Å²) >= 11 is 0. The Kier molecular flexibility index (Phi) is 14.1. The fourth-order valence-electron chi connectivity index (χ4n) is 3.34. The standard InChI is InChI=1S/C22H41NO6/c1-17(2)22(25)19-5-7-20(8-6-19)23-21(24)9-10-26-11-12-27-13-14-28-15-16-29-18(3)4/h17-20H,5-16H2,1-4H3,(H,23,24). The van der Waals surface area contributed by atoms with Crippen LogP contribution in [-0.2, 0) is 28.5 Å². The third-order valence-electron chi connectivity index (χ3n) is 4.96. The van der Waals surface area contributed by atoms with E-state index in [2.05, 4.69) is 5.32 Å². The highest BCUT2D eigenvalue weighted by Crippen LogP contribution is 2.27. The molecule has 7 nitrogen and oxygen atoms in total. The fraction of sp³-hybridized carbons (Fsp3) is 0.909. The van der Waals surface area contributed by atoms with Crippen molar-refractivity contribution in [3.63, 3.8) is 0 Å². The van der Waals surface area contributed by atoms with Crippen LogP contribution in [0.5, 0.6) is 0 Å². The molecule has 1 rings (SSSR count). The summed E-state index contributed by atoms with van der Waals surface area (Å²) in [6.07, 6.45) is 4.10. The molecule has 0 radical (unpaired) electrons. The van der Waals surface area contributed by atoms with Crippen LogP contribution in [0.4, 0.5) is 0 Å². The number of nitrogens with one attached hydrogen (secondary N) is 1. The first kappa shape index (κ1) is 26.0. The lowest BCUT2D eigenvalue weighted by Crippen LogP contribution is -2.39. The molecule has 0 bridgehead atoms. The first-order valence-electron chi connectivity index (χ1n) is 11.1. The second-order valence-electron chi connectivity index (χ2n) is 8.18. The van der Waals surface area contributed by atoms with Gasteiger partial charge in [0.05, 0.1) is 52.4 Å². The summed E-state index contributed by atoms with van der Waals surface area (Å²) in [5.41, 5.74) is 0. The molecule has 0 aromatic carbocycles. The zero-order valence-electron chi connectivity index (χ0n) is 18.7. The Bertz CT molecular complexity index is 447. The quantitative estimate of drug-likeness (QED) is 0.390. The van der Waals surface area contributed by atoms with E-state index in [0.29, 0.717) is 58.5 Å². The predicted molar refractivity (Wildman–Crippen MR) is 112 cm³/mol. The Morgan fingerprint density at radius 3 is 1.83 bits per heavy atom. The zero-order valence-corrected chi connectivity index (χ0v) is 18.7. The van der Waals surface area contributed by atoms with Gasteiger partial charge in [-0.05, 0) is 39.5 Å². The van der Waals surface area contributed by atoms with Gasteiger partial charge in [-0.25, -0.2) is 0 Å². The molecule has 1 aliphatic rings. The minimum absolute atomic E-state index is 0.0153. The Morgan fingerprint density at radius 2 is 1.31 bits per heavy atom. The highest BCUT2D eigenvalue weighted by molar-refractivity contribution is 5.83. The number of ether oxygens (including phenoxy) is 4. The van der Waals surface area contributed by atoms with Gasteiger partial charge in [0.2, 0.25) is 5.91 Å². The molecule has 0 aromatic heterocycles. The second-order valence-corrected chi connectivity index (χ2v) is 8.18. The number of carbonyl (C=O) groups is 2. The van der Waals surface area contributed by atoms with Crippen molar-refractivity contribution in [2.24, 2.45) is 11.8 Å². The molecule has 1 N–H and O–H groups in total. The molecule has 0 heterocycles. The van der Waals surface area contributed by atoms with E-state index >= 15 is 0 Å². The van der Waals surface area contributed by atoms with Crippen LogP contribution in [-0.4, -0.2) is 70.1 Å². The molecule has 1 aliphatic carbocycles. The average Bonchev–Trinajstić information content (AvgIpc) is 2.68. The average molecular weight is 416 g/mol. The van der Waals surface area contributed by atoms with Crippen LogP contribution in [0.3, 0.4) is 0 Å². The van der Waals surface area contributed by atoms with E-state index in [1.54, 1.807) is 0 Å². The van der Waals surface area contributed by atoms with Gasteiger partial charge in [0.25, 0.3) is 0 Å². The van der Waals surface area contributed by atoms with Gasteiger partial charge >= 0.3 is 0 Å². The van der Waals surface area contributed by atoms with E-state index in [0.717, 1.165) is 25.7 Å². The Hall–Kier alpha value is -1.02. The van der Waals surface area contributed by atoms with Crippen LogP contribution in [0.1, 0.15) is 59.8 Å². The zero-order chi connectivity index (χ0) is 21.5. The minimum Gasteiger partial charge on any atom is -0.379 e. The van der Waals surface area contributed by atoms with Gasteiger partial charge in [-0.1, -0.05) is 13.8 Å². The number of Topliss-reactive ketones (excluding diaryl/α,β-unsaturated/α-hetero) is 1. The van der Waals surface area contributed by atoms with Gasteiger partial charge in [-0.15, -0.1) is 0 Å². The molecule has 7 heteroatoms. The van der Waals surface area contributed by atoms with Crippen LogP contribution in [0.15, 0.2) is 0 Å². The van der Waals surface area contributed by atoms with E-state index in [-0.39, 0.29) is 29.9 Å². The highest BCUT2D eigenvalue weighted by Gasteiger charge is 2.28. The van der Waals surface area contributed by atoms with E-state index in [1.165, 1.54) is 0 Å². The van der Waals surface area contributed by atoms with Gasteiger partial charge in [-0.3, -0.25) is 9.59 Å². The maximum absolute atomic E-state index is 12.1. The number of amides is 1. The monoisotopic (exact) mass is 415 g/mol. The normalized spacial score (nSPS) is 19.7. The molecule has 1 saturated carbocycles. The smallest absolute Gasteiger partial charge is 0.222 e. The number of hydrogen-bond acceptors (Lipinski definition) is 6. The highest BCUT2D eigenvalue weighted by atomic mass is 16.6. The molecular formula is C22H41NO6. The third-order valence-corrected chi connectivity index (χ3v) is 4.96. The predicted octanol–water partition coefficient (Wildman–Crippen LogP) is 2.75. The molecule has 1 fully saturated rings. The topological polar surface area (TPSA) is 83.1 Å². The van der Waals surface area contributed by atoms with Gasteiger partial charge < -0.3 is 24.3 Å². The van der Waals surface area contributed by atoms with Crippen LogP contribution >= 0.6 is 0 Å². The van der Waals surface area contributed by atoms with E-state index < -0.39 is 0 Å². The third kappa shape index (κ3) is 13.0. The van der Waals surface area contributed by atoms with Crippen LogP contribution in [0, 0.1) is 11.8 Å². The molecule has 0 unspecified atom stereocenters. The maximum atomic E-state index is 12.1. The van der Waals surface area contributed by atoms with Crippen molar-refractivity contribution >= 4 is 11.7 Å². The van der Waals surface area contributed by atoms with E-state index in [1.807, 2.05) is 27.7 Å². The van der Waals surface area contributed by atoms with Crippen molar-refractivity contribution < 1.29 is 28.5 Å². The van der Waals surface area contributed by atoms with Crippen LogP contribution in [0.2, 0.25) is 0 Å². The van der Waals surface area contributed by atoms with Crippen LogP contribution < -0.4 is 5.32 Å². The summed E-state index contributed by atoms with van der Waals surface area (Å²) in [7, 11) is 0. The molecule has 0 spiro atoms. The number of rotatable bonds is 16. The largest absolute Gasteiger partial charge is 0.379 e. The van der Waals surface area contributed by atoms with Gasteiger partial charge in [-0.2, -0.15) is 0 Å². The molecule has 1 amide bonds. The van der Waals surface area contributed by atoms with Crippen LogP contribution in [0.25, 0.3) is 0 Å². The molecule has 170 valence electrons. The van der Waals surface area contributed by atoms with Crippen molar-refractivity contribution in [2.45, 2.75) is 71.9 Å². The Morgan fingerprint density at radius 1 is 0.793 bits per heavy atom. The van der Waals surface area contributed by atoms with Crippen molar-refractivity contribution in [3.8, 4) is 0 Å². The molecule has 0 aromatic rings. The fourth-order valence-corrected chi connectivity index (χ4v) is 3.34. The van der Waals surface area contributed by atoms with E-state index in [4.69, 9.17) is 18.9 Å². The lowest BCUT2D eigenvalue weighted by atomic mass is 9.80. The maximum Gasteiger partial charge on any atom is 0.222 e. The molecular weight excluding hydrogens is 374 g/mol. The molecule has 0 atom stereocenters.